The highest BCUT2D eigenvalue weighted by molar-refractivity contribution is 5.94. The molecule has 3 N–H and O–H groups in total. The van der Waals surface area contributed by atoms with Crippen LogP contribution in [0.3, 0.4) is 0 Å². The van der Waals surface area contributed by atoms with Crippen molar-refractivity contribution in [2.75, 3.05) is 13.7 Å². The summed E-state index contributed by atoms with van der Waals surface area (Å²) in [7, 11) is 1.26. The molecule has 25 heavy (non-hydrogen) atoms. The van der Waals surface area contributed by atoms with Crippen molar-refractivity contribution in [3.63, 3.8) is 0 Å². The van der Waals surface area contributed by atoms with Crippen LogP contribution < -0.4 is 10.6 Å². The maximum Gasteiger partial charge on any atom is 0.334 e. The molecule has 0 bridgehead atoms. The first-order chi connectivity index (χ1) is 12.0. The predicted octanol–water partition coefficient (Wildman–Crippen LogP) is 0.161. The highest BCUT2D eigenvalue weighted by atomic mass is 16.5. The number of methoxy groups -OCH3 is 1. The highest BCUT2D eigenvalue weighted by Gasteiger charge is 2.19. The number of aromatic nitrogens is 2. The molecule has 1 aromatic rings. The lowest BCUT2D eigenvalue weighted by atomic mass is 9.95. The van der Waals surface area contributed by atoms with Crippen molar-refractivity contribution >= 4 is 17.8 Å². The van der Waals surface area contributed by atoms with E-state index in [2.05, 4.69) is 15.7 Å². The molecule has 1 unspecified atom stereocenters. The fourth-order valence-corrected chi connectivity index (χ4v) is 2.79. The summed E-state index contributed by atoms with van der Waals surface area (Å²) in [5.74, 6) is -1.76. The minimum Gasteiger partial charge on any atom is -0.479 e. The number of hydrogen-bond acceptors (Lipinski definition) is 5. The van der Waals surface area contributed by atoms with Crippen LogP contribution in [0.25, 0.3) is 0 Å². The van der Waals surface area contributed by atoms with Gasteiger partial charge in [-0.2, -0.15) is 5.10 Å². The molecule has 9 nitrogen and oxygen atoms in total. The number of carbonyl (C=O) groups excluding carboxylic acids is 2. The predicted molar refractivity (Wildman–Crippen MR) is 88.0 cm³/mol. The number of rotatable bonds is 8. The van der Waals surface area contributed by atoms with E-state index in [4.69, 9.17) is 9.84 Å². The molecule has 2 rings (SSSR count). The van der Waals surface area contributed by atoms with Crippen molar-refractivity contribution in [3.05, 3.63) is 18.0 Å². The summed E-state index contributed by atoms with van der Waals surface area (Å²) in [4.78, 5) is 34.9. The lowest BCUT2D eigenvalue weighted by Crippen LogP contribution is -2.38. The highest BCUT2D eigenvalue weighted by Crippen LogP contribution is 2.17. The molecule has 1 heterocycles. The molecular formula is C16H24N4O5. The number of aliphatic carboxylic acids is 1. The van der Waals surface area contributed by atoms with Gasteiger partial charge in [-0.25, -0.2) is 4.79 Å². The van der Waals surface area contributed by atoms with Crippen LogP contribution in [0.15, 0.2) is 12.4 Å². The van der Waals surface area contributed by atoms with Crippen LogP contribution in [0.1, 0.15) is 42.5 Å². The van der Waals surface area contributed by atoms with Gasteiger partial charge in [0.15, 0.2) is 6.10 Å². The van der Waals surface area contributed by atoms with Gasteiger partial charge in [-0.3, -0.25) is 14.3 Å². The molecule has 138 valence electrons. The lowest BCUT2D eigenvalue weighted by molar-refractivity contribution is -0.148. The molecule has 1 aliphatic carbocycles. The monoisotopic (exact) mass is 352 g/mol. The Morgan fingerprint density at radius 2 is 2.08 bits per heavy atom. The molecule has 2 amide bonds. The SMILES string of the molecule is COC(CNC(=O)c1cnn(CC(=O)NC2CCCCC2)c1)C(=O)O. The number of carboxylic acid groups (broad SMARTS) is 1. The third-order valence-corrected chi connectivity index (χ3v) is 4.18. The Morgan fingerprint density at radius 3 is 2.72 bits per heavy atom. The second kappa shape index (κ2) is 9.16. The molecule has 0 aromatic carbocycles. The molecule has 0 saturated heterocycles. The van der Waals surface area contributed by atoms with E-state index in [0.717, 1.165) is 25.7 Å². The maximum absolute atomic E-state index is 12.0. The van der Waals surface area contributed by atoms with E-state index in [1.165, 1.54) is 30.6 Å². The van der Waals surface area contributed by atoms with Gasteiger partial charge < -0.3 is 20.5 Å². The van der Waals surface area contributed by atoms with Crippen LogP contribution in [0.4, 0.5) is 0 Å². The van der Waals surface area contributed by atoms with Gasteiger partial charge in [0.05, 0.1) is 18.3 Å². The number of nitrogens with zero attached hydrogens (tertiary/aromatic N) is 2. The standard InChI is InChI=1S/C16H24N4O5/c1-25-13(16(23)24)8-17-15(22)11-7-18-20(9-11)10-14(21)19-12-5-3-2-4-6-12/h7,9,12-13H,2-6,8,10H2,1H3,(H,17,22)(H,19,21)(H,23,24). The molecule has 1 aliphatic rings. The van der Waals surface area contributed by atoms with Gasteiger partial charge in [-0.15, -0.1) is 0 Å². The van der Waals surface area contributed by atoms with E-state index in [1.54, 1.807) is 0 Å². The summed E-state index contributed by atoms with van der Waals surface area (Å²) >= 11 is 0. The van der Waals surface area contributed by atoms with Crippen molar-refractivity contribution < 1.29 is 24.2 Å². The largest absolute Gasteiger partial charge is 0.479 e. The van der Waals surface area contributed by atoms with E-state index < -0.39 is 18.0 Å². The molecule has 0 aliphatic heterocycles. The topological polar surface area (TPSA) is 123 Å². The maximum atomic E-state index is 12.0. The number of carbonyl (C=O) groups is 3. The van der Waals surface area contributed by atoms with E-state index in [0.29, 0.717) is 0 Å². The summed E-state index contributed by atoms with van der Waals surface area (Å²) in [6, 6.07) is 0.224. The van der Waals surface area contributed by atoms with Crippen LogP contribution in [-0.4, -0.2) is 58.5 Å². The quantitative estimate of drug-likeness (QED) is 0.613. The van der Waals surface area contributed by atoms with Crippen molar-refractivity contribution in [2.24, 2.45) is 0 Å². The third kappa shape index (κ3) is 5.86. The lowest BCUT2D eigenvalue weighted by Gasteiger charge is -2.22. The second-order valence-corrected chi connectivity index (χ2v) is 6.10. The Balaban J connectivity index is 1.81. The van der Waals surface area contributed by atoms with Gasteiger partial charge in [-0.05, 0) is 12.8 Å². The third-order valence-electron chi connectivity index (χ3n) is 4.18. The minimum absolute atomic E-state index is 0.0413. The minimum atomic E-state index is -1.15. The van der Waals surface area contributed by atoms with Gasteiger partial charge in [0, 0.05) is 19.3 Å². The molecule has 0 spiro atoms. The van der Waals surface area contributed by atoms with Crippen LogP contribution in [-0.2, 0) is 20.9 Å². The van der Waals surface area contributed by atoms with E-state index in [1.807, 2.05) is 0 Å². The normalized spacial score (nSPS) is 16.2. The van der Waals surface area contributed by atoms with Crippen LogP contribution >= 0.6 is 0 Å². The zero-order valence-corrected chi connectivity index (χ0v) is 14.2. The molecule has 0 radical (unpaired) electrons. The van der Waals surface area contributed by atoms with Crippen molar-refractivity contribution in [3.8, 4) is 0 Å². The zero-order valence-electron chi connectivity index (χ0n) is 14.2. The first-order valence-corrected chi connectivity index (χ1v) is 8.35. The van der Waals surface area contributed by atoms with E-state index in [9.17, 15) is 14.4 Å². The van der Waals surface area contributed by atoms with Gasteiger partial charge in [-0.1, -0.05) is 19.3 Å². The summed E-state index contributed by atoms with van der Waals surface area (Å²) in [5, 5.41) is 18.3. The average molecular weight is 352 g/mol. The number of carboxylic acids is 1. The molecular weight excluding hydrogens is 328 g/mol. The second-order valence-electron chi connectivity index (χ2n) is 6.10. The Morgan fingerprint density at radius 1 is 1.36 bits per heavy atom. The first kappa shape index (κ1) is 18.9. The number of hydrogen-bond donors (Lipinski definition) is 3. The number of amides is 2. The van der Waals surface area contributed by atoms with Crippen LogP contribution in [0, 0.1) is 0 Å². The number of ether oxygens (including phenoxy) is 1. The van der Waals surface area contributed by atoms with Gasteiger partial charge in [0.1, 0.15) is 6.54 Å². The van der Waals surface area contributed by atoms with Gasteiger partial charge >= 0.3 is 5.97 Å². The number of nitrogens with one attached hydrogen (secondary N) is 2. The van der Waals surface area contributed by atoms with Crippen molar-refractivity contribution in [1.29, 1.82) is 0 Å². The van der Waals surface area contributed by atoms with Crippen LogP contribution in [0.5, 0.6) is 0 Å². The molecule has 1 fully saturated rings. The molecule has 1 aromatic heterocycles. The van der Waals surface area contributed by atoms with Crippen molar-refractivity contribution in [2.45, 2.75) is 50.8 Å². The molecule has 1 atom stereocenters. The fraction of sp³-hybridized carbons (Fsp3) is 0.625. The van der Waals surface area contributed by atoms with E-state index in [-0.39, 0.29) is 30.6 Å². The smallest absolute Gasteiger partial charge is 0.334 e. The van der Waals surface area contributed by atoms with Crippen LogP contribution in [0.2, 0.25) is 0 Å². The Labute approximate surface area is 145 Å². The zero-order chi connectivity index (χ0) is 18.2. The Kier molecular flexibility index (Phi) is 6.93. The fourth-order valence-electron chi connectivity index (χ4n) is 2.79. The molecule has 1 saturated carbocycles. The average Bonchev–Trinajstić information content (AvgIpc) is 3.04. The Hall–Kier alpha value is -2.42. The molecule has 9 heteroatoms. The first-order valence-electron chi connectivity index (χ1n) is 8.35. The van der Waals surface area contributed by atoms with Crippen molar-refractivity contribution in [1.82, 2.24) is 20.4 Å². The summed E-state index contributed by atoms with van der Waals surface area (Å²) in [5.41, 5.74) is 0.255. The summed E-state index contributed by atoms with van der Waals surface area (Å²) in [6.45, 7) is -0.113. The summed E-state index contributed by atoms with van der Waals surface area (Å²) < 4.78 is 6.13. The summed E-state index contributed by atoms with van der Waals surface area (Å²) in [6.07, 6.45) is 7.18. The van der Waals surface area contributed by atoms with Gasteiger partial charge in [0.25, 0.3) is 5.91 Å². The van der Waals surface area contributed by atoms with E-state index >= 15 is 0 Å². The van der Waals surface area contributed by atoms with Gasteiger partial charge in [0.2, 0.25) is 5.91 Å². The Bertz CT molecular complexity index is 609.